The number of benzene rings is 1. The first kappa shape index (κ1) is 15.0. The van der Waals surface area contributed by atoms with Gasteiger partial charge in [0.2, 0.25) is 5.91 Å². The highest BCUT2D eigenvalue weighted by atomic mass is 16.2. The molecule has 1 unspecified atom stereocenters. The average molecular weight is 275 g/mol. The first-order chi connectivity index (χ1) is 9.56. The minimum atomic E-state index is -0.0807. The quantitative estimate of drug-likeness (QED) is 0.916. The molecular weight excluding hydrogens is 250 g/mol. The molecule has 0 spiro atoms. The molecule has 110 valence electrons. The Balaban J connectivity index is 1.92. The Labute approximate surface area is 121 Å². The van der Waals surface area contributed by atoms with Crippen molar-refractivity contribution in [3.63, 3.8) is 0 Å². The Hall–Kier alpha value is -1.39. The van der Waals surface area contributed by atoms with Gasteiger partial charge in [-0.1, -0.05) is 17.7 Å². The first-order valence-electron chi connectivity index (χ1n) is 7.36. The van der Waals surface area contributed by atoms with Crippen LogP contribution in [0.25, 0.3) is 0 Å². The number of hydrogen-bond donors (Lipinski definition) is 1. The van der Waals surface area contributed by atoms with Crippen molar-refractivity contribution < 1.29 is 4.79 Å². The summed E-state index contributed by atoms with van der Waals surface area (Å²) in [6.45, 7) is 8.13. The van der Waals surface area contributed by atoms with Gasteiger partial charge in [-0.3, -0.25) is 9.69 Å². The number of aryl methyl sites for hydroxylation is 1. The van der Waals surface area contributed by atoms with Gasteiger partial charge in [-0.05, 0) is 46.0 Å². The van der Waals surface area contributed by atoms with Crippen LogP contribution in [0.1, 0.15) is 18.9 Å². The zero-order valence-corrected chi connectivity index (χ0v) is 12.7. The third-order valence-corrected chi connectivity index (χ3v) is 4.00. The van der Waals surface area contributed by atoms with E-state index in [1.54, 1.807) is 0 Å². The molecule has 0 radical (unpaired) electrons. The topological polar surface area (TPSA) is 35.6 Å². The van der Waals surface area contributed by atoms with Gasteiger partial charge in [0, 0.05) is 25.3 Å². The molecule has 4 nitrogen and oxygen atoms in total. The van der Waals surface area contributed by atoms with Gasteiger partial charge >= 0.3 is 0 Å². The van der Waals surface area contributed by atoms with Crippen molar-refractivity contribution in [1.82, 2.24) is 9.80 Å². The van der Waals surface area contributed by atoms with Crippen LogP contribution < -0.4 is 5.32 Å². The highest BCUT2D eigenvalue weighted by molar-refractivity contribution is 5.94. The predicted octanol–water partition coefficient (Wildman–Crippen LogP) is 1.96. The second-order valence-electron chi connectivity index (χ2n) is 5.72. The number of rotatable bonds is 3. The first-order valence-corrected chi connectivity index (χ1v) is 7.36. The molecule has 1 aromatic carbocycles. The molecule has 1 atom stereocenters. The Morgan fingerprint density at radius 3 is 2.55 bits per heavy atom. The summed E-state index contributed by atoms with van der Waals surface area (Å²) >= 11 is 0. The Kier molecular flexibility index (Phi) is 5.15. The van der Waals surface area contributed by atoms with Crippen LogP contribution in [0, 0.1) is 6.92 Å². The van der Waals surface area contributed by atoms with Gasteiger partial charge in [-0.15, -0.1) is 0 Å². The van der Waals surface area contributed by atoms with Crippen LogP contribution in [0.4, 0.5) is 5.69 Å². The minimum Gasteiger partial charge on any atom is -0.325 e. The number of amides is 1. The Bertz CT molecular complexity index is 444. The van der Waals surface area contributed by atoms with Gasteiger partial charge in [-0.25, -0.2) is 0 Å². The van der Waals surface area contributed by atoms with Crippen molar-refractivity contribution in [1.29, 1.82) is 0 Å². The number of hydrogen-bond acceptors (Lipinski definition) is 3. The normalized spacial score (nSPS) is 19.4. The molecule has 4 heteroatoms. The number of carbonyl (C=O) groups is 1. The molecule has 0 bridgehead atoms. The number of anilines is 1. The van der Waals surface area contributed by atoms with E-state index in [4.69, 9.17) is 0 Å². The molecule has 1 fully saturated rings. The lowest BCUT2D eigenvalue weighted by molar-refractivity contribution is -0.120. The zero-order chi connectivity index (χ0) is 14.5. The summed E-state index contributed by atoms with van der Waals surface area (Å²) in [6, 6.07) is 7.86. The van der Waals surface area contributed by atoms with E-state index in [-0.39, 0.29) is 11.9 Å². The number of nitrogens with zero attached hydrogens (tertiary/aromatic N) is 2. The Morgan fingerprint density at radius 1 is 1.15 bits per heavy atom. The lowest BCUT2D eigenvalue weighted by atomic mass is 10.2. The molecule has 2 rings (SSSR count). The monoisotopic (exact) mass is 275 g/mol. The van der Waals surface area contributed by atoms with E-state index in [0.717, 1.165) is 38.3 Å². The van der Waals surface area contributed by atoms with Crippen molar-refractivity contribution in [3.8, 4) is 0 Å². The SMILES string of the molecule is Cc1ccc(NC(=O)C(C)N2CCCN(C)CC2)cc1. The molecule has 20 heavy (non-hydrogen) atoms. The number of carbonyl (C=O) groups excluding carboxylic acids is 1. The highest BCUT2D eigenvalue weighted by Gasteiger charge is 2.23. The lowest BCUT2D eigenvalue weighted by Crippen LogP contribution is -2.43. The summed E-state index contributed by atoms with van der Waals surface area (Å²) in [6.07, 6.45) is 1.12. The van der Waals surface area contributed by atoms with Gasteiger partial charge in [0.05, 0.1) is 6.04 Å². The van der Waals surface area contributed by atoms with Crippen molar-refractivity contribution >= 4 is 11.6 Å². The number of likely N-dealkylation sites (N-methyl/N-ethyl adjacent to an activating group) is 1. The van der Waals surface area contributed by atoms with E-state index in [1.165, 1.54) is 5.56 Å². The summed E-state index contributed by atoms with van der Waals surface area (Å²) in [4.78, 5) is 16.9. The van der Waals surface area contributed by atoms with Gasteiger partial charge in [0.1, 0.15) is 0 Å². The largest absolute Gasteiger partial charge is 0.325 e. The highest BCUT2D eigenvalue weighted by Crippen LogP contribution is 2.11. The summed E-state index contributed by atoms with van der Waals surface area (Å²) in [5.74, 6) is 0.0819. The van der Waals surface area contributed by atoms with E-state index >= 15 is 0 Å². The van der Waals surface area contributed by atoms with Crippen LogP contribution in [0.2, 0.25) is 0 Å². The Morgan fingerprint density at radius 2 is 1.85 bits per heavy atom. The third-order valence-electron chi connectivity index (χ3n) is 4.00. The lowest BCUT2D eigenvalue weighted by Gasteiger charge is -2.26. The van der Waals surface area contributed by atoms with E-state index in [9.17, 15) is 4.79 Å². The smallest absolute Gasteiger partial charge is 0.241 e. The molecule has 1 aliphatic heterocycles. The second kappa shape index (κ2) is 6.86. The van der Waals surface area contributed by atoms with Crippen molar-refractivity contribution in [3.05, 3.63) is 29.8 Å². The minimum absolute atomic E-state index is 0.0807. The fraction of sp³-hybridized carbons (Fsp3) is 0.562. The molecular formula is C16H25N3O. The van der Waals surface area contributed by atoms with Crippen LogP contribution in [0.5, 0.6) is 0 Å². The molecule has 1 amide bonds. The van der Waals surface area contributed by atoms with Crippen LogP contribution in [0.3, 0.4) is 0 Å². The van der Waals surface area contributed by atoms with Crippen LogP contribution >= 0.6 is 0 Å². The fourth-order valence-corrected chi connectivity index (χ4v) is 2.50. The third kappa shape index (κ3) is 4.05. The van der Waals surface area contributed by atoms with Crippen LogP contribution in [-0.2, 0) is 4.79 Å². The van der Waals surface area contributed by atoms with Gasteiger partial charge < -0.3 is 10.2 Å². The maximum absolute atomic E-state index is 12.3. The van der Waals surface area contributed by atoms with Crippen molar-refractivity contribution in [2.45, 2.75) is 26.3 Å². The van der Waals surface area contributed by atoms with Gasteiger partial charge in [0.25, 0.3) is 0 Å². The van der Waals surface area contributed by atoms with Crippen LogP contribution in [-0.4, -0.2) is 55.0 Å². The second-order valence-corrected chi connectivity index (χ2v) is 5.72. The van der Waals surface area contributed by atoms with E-state index in [2.05, 4.69) is 22.2 Å². The molecule has 1 aliphatic rings. The summed E-state index contributed by atoms with van der Waals surface area (Å²) in [5, 5.41) is 3.00. The molecule has 0 aliphatic carbocycles. The fourth-order valence-electron chi connectivity index (χ4n) is 2.50. The van der Waals surface area contributed by atoms with Crippen molar-refractivity contribution in [2.75, 3.05) is 38.5 Å². The van der Waals surface area contributed by atoms with Gasteiger partial charge in [0.15, 0.2) is 0 Å². The summed E-state index contributed by atoms with van der Waals surface area (Å²) < 4.78 is 0. The van der Waals surface area contributed by atoms with E-state index in [1.807, 2.05) is 38.1 Å². The summed E-state index contributed by atoms with van der Waals surface area (Å²) in [5.41, 5.74) is 2.07. The molecule has 1 aromatic rings. The maximum atomic E-state index is 12.3. The maximum Gasteiger partial charge on any atom is 0.241 e. The predicted molar refractivity (Wildman–Crippen MR) is 83.0 cm³/mol. The molecule has 0 aromatic heterocycles. The van der Waals surface area contributed by atoms with E-state index in [0.29, 0.717) is 0 Å². The van der Waals surface area contributed by atoms with Crippen molar-refractivity contribution in [2.24, 2.45) is 0 Å². The summed E-state index contributed by atoms with van der Waals surface area (Å²) in [7, 11) is 2.14. The molecule has 1 saturated heterocycles. The zero-order valence-electron chi connectivity index (χ0n) is 12.7. The molecule has 1 N–H and O–H groups in total. The molecule has 0 saturated carbocycles. The average Bonchev–Trinajstić information content (AvgIpc) is 2.65. The van der Waals surface area contributed by atoms with E-state index < -0.39 is 0 Å². The number of nitrogens with one attached hydrogen (secondary N) is 1. The molecule has 1 heterocycles. The van der Waals surface area contributed by atoms with Crippen LogP contribution in [0.15, 0.2) is 24.3 Å². The van der Waals surface area contributed by atoms with Gasteiger partial charge in [-0.2, -0.15) is 0 Å². The standard InChI is InChI=1S/C16H25N3O/c1-13-5-7-15(8-6-13)17-16(20)14(2)19-10-4-9-18(3)11-12-19/h5-8,14H,4,9-12H2,1-3H3,(H,17,20).